The summed E-state index contributed by atoms with van der Waals surface area (Å²) in [4.78, 5) is 45.1. The van der Waals surface area contributed by atoms with E-state index in [1.807, 2.05) is 54.6 Å². The Morgan fingerprint density at radius 3 is 2.61 bits per heavy atom. The molecule has 4 N–H and O–H groups in total. The molecule has 38 heavy (non-hydrogen) atoms. The average Bonchev–Trinajstić information content (AvgIpc) is 3.36. The summed E-state index contributed by atoms with van der Waals surface area (Å²) in [5.74, 6) is -0.0600. The van der Waals surface area contributed by atoms with Crippen molar-refractivity contribution in [2.75, 3.05) is 12.3 Å². The van der Waals surface area contributed by atoms with Gasteiger partial charge in [-0.15, -0.1) is 0 Å². The molecule has 9 heteroatoms. The number of nitrogens with one attached hydrogen (secondary N) is 2. The highest BCUT2D eigenvalue weighted by Gasteiger charge is 2.38. The van der Waals surface area contributed by atoms with Crippen molar-refractivity contribution in [1.82, 2.24) is 20.5 Å². The summed E-state index contributed by atoms with van der Waals surface area (Å²) in [5, 5.41) is 7.51. The first-order valence-electron chi connectivity index (χ1n) is 12.9. The lowest BCUT2D eigenvalue weighted by atomic mass is 10.0. The van der Waals surface area contributed by atoms with Gasteiger partial charge in [0.25, 0.3) is 0 Å². The quantitative estimate of drug-likeness (QED) is 0.440. The van der Waals surface area contributed by atoms with Crippen LogP contribution >= 0.6 is 0 Å². The van der Waals surface area contributed by atoms with Crippen LogP contribution in [0, 0.1) is 0 Å². The number of rotatable bonds is 7. The number of fused-ring (bicyclic) bond motifs is 1. The molecule has 1 saturated heterocycles. The average molecular weight is 518 g/mol. The summed E-state index contributed by atoms with van der Waals surface area (Å²) < 4.78 is 5.41. The highest BCUT2D eigenvalue weighted by molar-refractivity contribution is 5.93. The number of likely N-dealkylation sites (tertiary alicyclic amines) is 1. The molecular weight excluding hydrogens is 482 g/mol. The fourth-order valence-corrected chi connectivity index (χ4v) is 4.67. The molecule has 3 amide bonds. The summed E-state index contributed by atoms with van der Waals surface area (Å²) in [5.41, 5.74) is 7.05. The molecule has 0 saturated carbocycles. The Labute approximate surface area is 222 Å². The van der Waals surface area contributed by atoms with Crippen molar-refractivity contribution in [2.45, 2.75) is 64.3 Å². The van der Waals surface area contributed by atoms with Gasteiger partial charge < -0.3 is 26.0 Å². The van der Waals surface area contributed by atoms with Gasteiger partial charge in [-0.25, -0.2) is 9.78 Å². The number of hydrogen-bond acceptors (Lipinski definition) is 6. The number of amides is 3. The summed E-state index contributed by atoms with van der Waals surface area (Å²) in [6.07, 6.45) is 2.54. The van der Waals surface area contributed by atoms with Crippen LogP contribution in [-0.2, 0) is 27.3 Å². The lowest BCUT2D eigenvalue weighted by Crippen LogP contribution is -2.54. The van der Waals surface area contributed by atoms with Gasteiger partial charge in [0.05, 0.1) is 0 Å². The van der Waals surface area contributed by atoms with Crippen molar-refractivity contribution in [2.24, 2.45) is 0 Å². The number of nitrogen functional groups attached to an aromatic ring is 1. The minimum atomic E-state index is -0.861. The van der Waals surface area contributed by atoms with Gasteiger partial charge in [-0.2, -0.15) is 0 Å². The first-order valence-corrected chi connectivity index (χ1v) is 12.9. The molecule has 1 aromatic heterocycles. The molecule has 2 heterocycles. The Morgan fingerprint density at radius 2 is 1.87 bits per heavy atom. The van der Waals surface area contributed by atoms with E-state index < -0.39 is 23.8 Å². The third kappa shape index (κ3) is 6.79. The van der Waals surface area contributed by atoms with Crippen molar-refractivity contribution in [1.29, 1.82) is 0 Å². The Bertz CT molecular complexity index is 1310. The van der Waals surface area contributed by atoms with E-state index >= 15 is 0 Å². The van der Waals surface area contributed by atoms with Crippen LogP contribution in [0.4, 0.5) is 10.6 Å². The number of hydrogen-bond donors (Lipinski definition) is 3. The molecule has 2 atom stereocenters. The maximum Gasteiger partial charge on any atom is 0.408 e. The molecule has 4 rings (SSSR count). The fourth-order valence-electron chi connectivity index (χ4n) is 4.67. The van der Waals surface area contributed by atoms with E-state index in [2.05, 4.69) is 15.6 Å². The van der Waals surface area contributed by atoms with Crippen LogP contribution in [0.5, 0.6) is 0 Å². The second kappa shape index (κ2) is 11.5. The minimum absolute atomic E-state index is 0.221. The molecule has 9 nitrogen and oxygen atoms in total. The second-order valence-electron chi connectivity index (χ2n) is 10.5. The van der Waals surface area contributed by atoms with E-state index in [9.17, 15) is 14.4 Å². The zero-order valence-electron chi connectivity index (χ0n) is 22.1. The van der Waals surface area contributed by atoms with Gasteiger partial charge in [0.2, 0.25) is 11.8 Å². The first kappa shape index (κ1) is 26.9. The van der Waals surface area contributed by atoms with Crippen molar-refractivity contribution >= 4 is 34.5 Å². The smallest absolute Gasteiger partial charge is 0.408 e. The van der Waals surface area contributed by atoms with E-state index in [0.717, 1.165) is 21.9 Å². The molecule has 0 bridgehead atoms. The van der Waals surface area contributed by atoms with Crippen LogP contribution in [0.1, 0.15) is 44.7 Å². The molecule has 0 unspecified atom stereocenters. The van der Waals surface area contributed by atoms with Gasteiger partial charge in [-0.3, -0.25) is 9.59 Å². The van der Waals surface area contributed by atoms with Crippen molar-refractivity contribution < 1.29 is 19.1 Å². The number of nitrogens with two attached hydrogens (primary N) is 1. The summed E-state index contributed by atoms with van der Waals surface area (Å²) >= 11 is 0. The number of carbonyl (C=O) groups is 3. The highest BCUT2D eigenvalue weighted by Crippen LogP contribution is 2.22. The molecule has 2 aromatic carbocycles. The number of anilines is 1. The van der Waals surface area contributed by atoms with E-state index in [1.165, 1.54) is 0 Å². The van der Waals surface area contributed by atoms with Gasteiger partial charge in [0.1, 0.15) is 23.5 Å². The number of nitrogens with zero attached hydrogens (tertiary/aromatic N) is 2. The fraction of sp³-hybridized carbons (Fsp3) is 0.379. The number of alkyl carbamates (subject to hydrolysis) is 1. The number of carbonyl (C=O) groups excluding carboxylic acids is 3. The molecule has 0 spiro atoms. The van der Waals surface area contributed by atoms with Crippen LogP contribution in [0.15, 0.2) is 60.8 Å². The molecule has 0 aliphatic carbocycles. The van der Waals surface area contributed by atoms with E-state index in [1.54, 1.807) is 31.9 Å². The highest BCUT2D eigenvalue weighted by atomic mass is 16.6. The van der Waals surface area contributed by atoms with Gasteiger partial charge in [-0.05, 0) is 62.3 Å². The van der Waals surface area contributed by atoms with Gasteiger partial charge in [-0.1, -0.05) is 42.5 Å². The lowest BCUT2D eigenvalue weighted by Gasteiger charge is -2.29. The van der Waals surface area contributed by atoms with Crippen molar-refractivity contribution in [3.8, 4) is 0 Å². The molecular formula is C29H35N5O4. The van der Waals surface area contributed by atoms with Crippen molar-refractivity contribution in [3.05, 3.63) is 71.9 Å². The predicted molar refractivity (Wildman–Crippen MR) is 146 cm³/mol. The van der Waals surface area contributed by atoms with Gasteiger partial charge >= 0.3 is 6.09 Å². The molecule has 0 radical (unpaired) electrons. The molecule has 200 valence electrons. The number of benzene rings is 2. The Hall–Kier alpha value is -4.14. The summed E-state index contributed by atoms with van der Waals surface area (Å²) in [6, 6.07) is 15.6. The topological polar surface area (TPSA) is 127 Å². The number of ether oxygens (including phenoxy) is 1. The standard InChI is InChI=1S/C29H35N5O4/c1-29(2,3)38-28(37)33-23(17-19-8-5-4-6-9-19)27(36)34-15-7-10-24(34)26(35)32-18-20-11-12-22-21(16-20)13-14-31-25(22)30/h4-6,8-9,11-14,16,23-24H,7,10,15,17-18H2,1-3H3,(H2,30,31)(H,32,35)(H,33,37)/t23-,24+/m1/s1. The third-order valence-corrected chi connectivity index (χ3v) is 6.44. The zero-order valence-corrected chi connectivity index (χ0v) is 22.1. The van der Waals surface area contributed by atoms with Crippen LogP contribution < -0.4 is 16.4 Å². The van der Waals surface area contributed by atoms with E-state index in [4.69, 9.17) is 10.5 Å². The maximum atomic E-state index is 13.7. The number of pyridine rings is 1. The first-order chi connectivity index (χ1) is 18.1. The summed E-state index contributed by atoms with van der Waals surface area (Å²) in [7, 11) is 0. The minimum Gasteiger partial charge on any atom is -0.444 e. The zero-order chi connectivity index (χ0) is 27.3. The van der Waals surface area contributed by atoms with Crippen LogP contribution in [0.2, 0.25) is 0 Å². The normalized spacial score (nSPS) is 16.2. The largest absolute Gasteiger partial charge is 0.444 e. The SMILES string of the molecule is CC(C)(C)OC(=O)N[C@H](Cc1ccccc1)C(=O)N1CCC[C@H]1C(=O)NCc1ccc2c(N)nccc2c1. The van der Waals surface area contributed by atoms with Crippen molar-refractivity contribution in [3.63, 3.8) is 0 Å². The van der Waals surface area contributed by atoms with E-state index in [-0.39, 0.29) is 11.8 Å². The van der Waals surface area contributed by atoms with Gasteiger partial charge in [0.15, 0.2) is 0 Å². The lowest BCUT2D eigenvalue weighted by molar-refractivity contribution is -0.140. The monoisotopic (exact) mass is 517 g/mol. The molecule has 1 aliphatic rings. The van der Waals surface area contributed by atoms with Crippen LogP contribution in [-0.4, -0.2) is 52.0 Å². The third-order valence-electron chi connectivity index (χ3n) is 6.44. The Balaban J connectivity index is 1.45. The Morgan fingerprint density at radius 1 is 1.11 bits per heavy atom. The van der Waals surface area contributed by atoms with Crippen LogP contribution in [0.25, 0.3) is 10.8 Å². The second-order valence-corrected chi connectivity index (χ2v) is 10.5. The predicted octanol–water partition coefficient (Wildman–Crippen LogP) is 3.56. The molecule has 1 fully saturated rings. The van der Waals surface area contributed by atoms with Crippen LogP contribution in [0.3, 0.4) is 0 Å². The Kier molecular flexibility index (Phi) is 8.14. The van der Waals surface area contributed by atoms with Gasteiger partial charge in [0, 0.05) is 31.1 Å². The maximum absolute atomic E-state index is 13.7. The summed E-state index contributed by atoms with van der Waals surface area (Å²) in [6.45, 7) is 6.06. The number of aromatic nitrogens is 1. The van der Waals surface area contributed by atoms with E-state index in [0.29, 0.717) is 38.2 Å². The molecule has 1 aliphatic heterocycles. The molecule has 3 aromatic rings.